The predicted molar refractivity (Wildman–Crippen MR) is 75.4 cm³/mol. The third-order valence-electron chi connectivity index (χ3n) is 2.91. The van der Waals surface area contributed by atoms with Crippen LogP contribution in [0.2, 0.25) is 0 Å². The van der Waals surface area contributed by atoms with E-state index in [9.17, 15) is 0 Å². The zero-order valence-corrected chi connectivity index (χ0v) is 12.1. The number of benzene rings is 1. The van der Waals surface area contributed by atoms with Gasteiger partial charge in [0.2, 0.25) is 0 Å². The first kappa shape index (κ1) is 13.1. The minimum absolute atomic E-state index is 0.0575. The summed E-state index contributed by atoms with van der Waals surface area (Å²) >= 11 is 3.53. The number of aromatic nitrogens is 2. The Labute approximate surface area is 115 Å². The van der Waals surface area contributed by atoms with E-state index in [1.807, 2.05) is 43.1 Å². The highest BCUT2D eigenvalue weighted by Crippen LogP contribution is 2.27. The molecule has 0 unspecified atom stereocenters. The maximum absolute atomic E-state index is 9.09. The monoisotopic (exact) mass is 309 g/mol. The SMILES string of the molecule is CN(Cc1nccn1C)c1ccc(CO)cc1Br. The van der Waals surface area contributed by atoms with Crippen molar-refractivity contribution in [2.75, 3.05) is 11.9 Å². The second kappa shape index (κ2) is 5.54. The average molecular weight is 310 g/mol. The van der Waals surface area contributed by atoms with Crippen LogP contribution >= 0.6 is 15.9 Å². The number of imidazole rings is 1. The molecule has 0 saturated heterocycles. The van der Waals surface area contributed by atoms with Crippen molar-refractivity contribution in [3.05, 3.63) is 46.5 Å². The number of hydrogen-bond acceptors (Lipinski definition) is 3. The first-order chi connectivity index (χ1) is 8.61. The van der Waals surface area contributed by atoms with Crippen molar-refractivity contribution in [1.29, 1.82) is 0 Å². The van der Waals surface area contributed by atoms with Crippen molar-refractivity contribution in [2.24, 2.45) is 7.05 Å². The minimum Gasteiger partial charge on any atom is -0.392 e. The maximum Gasteiger partial charge on any atom is 0.127 e. The van der Waals surface area contributed by atoms with Crippen molar-refractivity contribution in [3.63, 3.8) is 0 Å². The number of aryl methyl sites for hydroxylation is 1. The van der Waals surface area contributed by atoms with Crippen LogP contribution in [0.1, 0.15) is 11.4 Å². The molecule has 1 aromatic heterocycles. The lowest BCUT2D eigenvalue weighted by Gasteiger charge is -2.20. The lowest BCUT2D eigenvalue weighted by atomic mass is 10.2. The van der Waals surface area contributed by atoms with E-state index in [-0.39, 0.29) is 6.61 Å². The molecule has 0 atom stereocenters. The molecular weight excluding hydrogens is 294 g/mol. The van der Waals surface area contributed by atoms with Crippen molar-refractivity contribution in [2.45, 2.75) is 13.2 Å². The highest BCUT2D eigenvalue weighted by molar-refractivity contribution is 9.10. The van der Waals surface area contributed by atoms with E-state index in [0.717, 1.165) is 28.1 Å². The molecule has 0 fully saturated rings. The molecule has 0 spiro atoms. The third kappa shape index (κ3) is 2.73. The van der Waals surface area contributed by atoms with Gasteiger partial charge in [-0.15, -0.1) is 0 Å². The van der Waals surface area contributed by atoms with E-state index in [2.05, 4.69) is 25.8 Å². The van der Waals surface area contributed by atoms with E-state index >= 15 is 0 Å². The van der Waals surface area contributed by atoms with Crippen LogP contribution in [0.4, 0.5) is 5.69 Å². The van der Waals surface area contributed by atoms with Gasteiger partial charge in [0.1, 0.15) is 5.82 Å². The highest BCUT2D eigenvalue weighted by atomic mass is 79.9. The first-order valence-electron chi connectivity index (χ1n) is 5.68. The zero-order chi connectivity index (χ0) is 13.1. The molecule has 0 amide bonds. The van der Waals surface area contributed by atoms with E-state index in [1.165, 1.54) is 0 Å². The van der Waals surface area contributed by atoms with Gasteiger partial charge in [-0.3, -0.25) is 0 Å². The molecule has 2 rings (SSSR count). The molecule has 1 aromatic carbocycles. The Hall–Kier alpha value is -1.33. The molecule has 0 saturated carbocycles. The van der Waals surface area contributed by atoms with Gasteiger partial charge in [-0.1, -0.05) is 6.07 Å². The second-order valence-corrected chi connectivity index (χ2v) is 5.11. The number of nitrogens with zero attached hydrogens (tertiary/aromatic N) is 3. The number of aliphatic hydroxyl groups is 1. The molecule has 18 heavy (non-hydrogen) atoms. The summed E-state index contributed by atoms with van der Waals surface area (Å²) in [5.41, 5.74) is 1.98. The molecule has 4 nitrogen and oxygen atoms in total. The van der Waals surface area contributed by atoms with Gasteiger partial charge in [0.15, 0.2) is 0 Å². The summed E-state index contributed by atoms with van der Waals surface area (Å²) in [4.78, 5) is 6.43. The second-order valence-electron chi connectivity index (χ2n) is 4.25. The Bertz CT molecular complexity index is 539. The van der Waals surface area contributed by atoms with Crippen molar-refractivity contribution in [3.8, 4) is 0 Å². The van der Waals surface area contributed by atoms with Crippen molar-refractivity contribution < 1.29 is 5.11 Å². The van der Waals surface area contributed by atoms with Gasteiger partial charge < -0.3 is 14.6 Å². The zero-order valence-electron chi connectivity index (χ0n) is 10.5. The molecule has 0 bridgehead atoms. The van der Waals surface area contributed by atoms with Gasteiger partial charge in [-0.05, 0) is 33.6 Å². The maximum atomic E-state index is 9.09. The molecule has 0 radical (unpaired) electrons. The Morgan fingerprint density at radius 2 is 2.22 bits per heavy atom. The van der Waals surface area contributed by atoms with Crippen LogP contribution in [0.15, 0.2) is 35.1 Å². The molecule has 0 aliphatic heterocycles. The van der Waals surface area contributed by atoms with Crippen LogP contribution in [0.3, 0.4) is 0 Å². The fourth-order valence-electron chi connectivity index (χ4n) is 1.80. The van der Waals surface area contributed by atoms with Gasteiger partial charge in [0, 0.05) is 31.0 Å². The smallest absolute Gasteiger partial charge is 0.127 e. The van der Waals surface area contributed by atoms with Crippen molar-refractivity contribution in [1.82, 2.24) is 9.55 Å². The lowest BCUT2D eigenvalue weighted by Crippen LogP contribution is -2.19. The highest BCUT2D eigenvalue weighted by Gasteiger charge is 2.09. The Morgan fingerprint density at radius 1 is 1.44 bits per heavy atom. The Balaban J connectivity index is 2.19. The summed E-state index contributed by atoms with van der Waals surface area (Å²) < 4.78 is 2.98. The summed E-state index contributed by atoms with van der Waals surface area (Å²) in [6.07, 6.45) is 3.74. The van der Waals surface area contributed by atoms with Crippen LogP contribution in [-0.2, 0) is 20.2 Å². The topological polar surface area (TPSA) is 41.3 Å². The fraction of sp³-hybridized carbons (Fsp3) is 0.308. The molecule has 96 valence electrons. The normalized spacial score (nSPS) is 10.7. The molecule has 2 aromatic rings. The molecule has 0 aliphatic rings. The summed E-state index contributed by atoms with van der Waals surface area (Å²) in [6.45, 7) is 0.794. The molecular formula is C13H16BrN3O. The van der Waals surface area contributed by atoms with Gasteiger partial charge >= 0.3 is 0 Å². The van der Waals surface area contributed by atoms with Crippen molar-refractivity contribution >= 4 is 21.6 Å². The van der Waals surface area contributed by atoms with Gasteiger partial charge in [0.05, 0.1) is 18.8 Å². The number of anilines is 1. The van der Waals surface area contributed by atoms with Crippen LogP contribution in [-0.4, -0.2) is 21.7 Å². The van der Waals surface area contributed by atoms with Gasteiger partial charge in [0.25, 0.3) is 0 Å². The first-order valence-corrected chi connectivity index (χ1v) is 6.47. The van der Waals surface area contributed by atoms with E-state index in [1.54, 1.807) is 6.20 Å². The van der Waals surface area contributed by atoms with E-state index in [0.29, 0.717) is 0 Å². The number of hydrogen-bond donors (Lipinski definition) is 1. The Morgan fingerprint density at radius 3 is 2.78 bits per heavy atom. The third-order valence-corrected chi connectivity index (χ3v) is 3.54. The lowest BCUT2D eigenvalue weighted by molar-refractivity contribution is 0.282. The van der Waals surface area contributed by atoms with E-state index in [4.69, 9.17) is 5.11 Å². The van der Waals surface area contributed by atoms with Gasteiger partial charge in [-0.25, -0.2) is 4.98 Å². The Kier molecular flexibility index (Phi) is 4.04. The number of halogens is 1. The average Bonchev–Trinajstić information content (AvgIpc) is 2.74. The van der Waals surface area contributed by atoms with Crippen LogP contribution in [0, 0.1) is 0 Å². The number of aliphatic hydroxyl groups excluding tert-OH is 1. The largest absolute Gasteiger partial charge is 0.392 e. The molecule has 1 heterocycles. The standard InChI is InChI=1S/C13H16BrN3O/c1-16-6-5-15-13(16)8-17(2)12-4-3-10(9-18)7-11(12)14/h3-7,18H,8-9H2,1-2H3. The van der Waals surface area contributed by atoms with E-state index < -0.39 is 0 Å². The quantitative estimate of drug-likeness (QED) is 0.942. The van der Waals surface area contributed by atoms with Crippen LogP contribution < -0.4 is 4.90 Å². The fourth-order valence-corrected chi connectivity index (χ4v) is 2.53. The minimum atomic E-state index is 0.0575. The summed E-state index contributed by atoms with van der Waals surface area (Å²) in [5.74, 6) is 1.01. The van der Waals surface area contributed by atoms with Crippen LogP contribution in [0.25, 0.3) is 0 Å². The molecule has 5 heteroatoms. The molecule has 0 aliphatic carbocycles. The van der Waals surface area contributed by atoms with Crippen LogP contribution in [0.5, 0.6) is 0 Å². The summed E-state index contributed by atoms with van der Waals surface area (Å²) in [7, 11) is 4.01. The summed E-state index contributed by atoms with van der Waals surface area (Å²) in [6, 6.07) is 5.86. The van der Waals surface area contributed by atoms with Gasteiger partial charge in [-0.2, -0.15) is 0 Å². The molecule has 1 N–H and O–H groups in total. The predicted octanol–water partition coefficient (Wildman–Crippen LogP) is 2.31. The number of rotatable bonds is 4. The summed E-state index contributed by atoms with van der Waals surface area (Å²) in [5, 5.41) is 9.09.